The summed E-state index contributed by atoms with van der Waals surface area (Å²) in [5, 5.41) is 3.28. The lowest BCUT2D eigenvalue weighted by molar-refractivity contribution is -0.120. The fourth-order valence-corrected chi connectivity index (χ4v) is 2.23. The minimum Gasteiger partial charge on any atom is -0.497 e. The Labute approximate surface area is 108 Å². The topological polar surface area (TPSA) is 41.6 Å². The maximum atomic E-state index is 12.3. The van der Waals surface area contributed by atoms with Crippen molar-refractivity contribution in [2.45, 2.75) is 25.3 Å². The number of rotatable bonds is 3. The average Bonchev–Trinajstić information content (AvgIpc) is 2.47. The number of hydrogen-bond donors (Lipinski definition) is 1. The lowest BCUT2D eigenvalue weighted by Crippen LogP contribution is -2.47. The van der Waals surface area contributed by atoms with Gasteiger partial charge >= 0.3 is 0 Å². The molecule has 0 aromatic heterocycles. The summed E-state index contributed by atoms with van der Waals surface area (Å²) >= 11 is 0. The molecule has 1 N–H and O–H groups in total. The normalized spacial score (nSPS) is 19.3. The van der Waals surface area contributed by atoms with Gasteiger partial charge in [0.15, 0.2) is 0 Å². The molecule has 2 rings (SSSR count). The van der Waals surface area contributed by atoms with Crippen LogP contribution in [0.5, 0.6) is 5.75 Å². The third kappa shape index (κ3) is 2.82. The third-order valence-electron chi connectivity index (χ3n) is 3.40. The minimum absolute atomic E-state index is 0.0362. The van der Waals surface area contributed by atoms with E-state index in [0.717, 1.165) is 37.2 Å². The number of methoxy groups -OCH3 is 1. The van der Waals surface area contributed by atoms with Crippen LogP contribution < -0.4 is 15.0 Å². The number of benzene rings is 1. The molecule has 98 valence electrons. The first kappa shape index (κ1) is 12.9. The average molecular weight is 248 g/mol. The molecule has 1 fully saturated rings. The summed E-state index contributed by atoms with van der Waals surface area (Å²) < 4.78 is 5.11. The van der Waals surface area contributed by atoms with E-state index in [4.69, 9.17) is 4.74 Å². The second-order valence-electron chi connectivity index (χ2n) is 4.60. The van der Waals surface area contributed by atoms with Crippen molar-refractivity contribution < 1.29 is 9.53 Å². The van der Waals surface area contributed by atoms with Gasteiger partial charge in [0.25, 0.3) is 0 Å². The van der Waals surface area contributed by atoms with Gasteiger partial charge in [-0.2, -0.15) is 0 Å². The number of carbonyl (C=O) groups excluding carboxylic acids is 1. The minimum atomic E-state index is -0.0362. The number of nitrogens with one attached hydrogen (secondary N) is 1. The molecule has 1 aliphatic heterocycles. The van der Waals surface area contributed by atoms with E-state index in [2.05, 4.69) is 5.32 Å². The van der Waals surface area contributed by atoms with Gasteiger partial charge < -0.3 is 15.0 Å². The zero-order valence-electron chi connectivity index (χ0n) is 11.0. The van der Waals surface area contributed by atoms with Crippen molar-refractivity contribution in [2.24, 2.45) is 0 Å². The van der Waals surface area contributed by atoms with E-state index < -0.39 is 0 Å². The van der Waals surface area contributed by atoms with E-state index in [1.165, 1.54) is 0 Å². The van der Waals surface area contributed by atoms with Crippen LogP contribution in [0.25, 0.3) is 0 Å². The largest absolute Gasteiger partial charge is 0.497 e. The molecule has 0 spiro atoms. The van der Waals surface area contributed by atoms with Gasteiger partial charge in [-0.3, -0.25) is 4.79 Å². The Balaban J connectivity index is 2.04. The smallest absolute Gasteiger partial charge is 0.243 e. The molecule has 0 saturated carbocycles. The first-order valence-corrected chi connectivity index (χ1v) is 6.37. The monoisotopic (exact) mass is 248 g/mol. The molecule has 4 heteroatoms. The Bertz CT molecular complexity index is 397. The summed E-state index contributed by atoms with van der Waals surface area (Å²) in [5.41, 5.74) is 0.896. The number of likely N-dealkylation sites (N-methyl/N-ethyl adjacent to an activating group) is 1. The summed E-state index contributed by atoms with van der Waals surface area (Å²) in [7, 11) is 3.45. The van der Waals surface area contributed by atoms with E-state index in [0.29, 0.717) is 0 Å². The summed E-state index contributed by atoms with van der Waals surface area (Å²) in [6.07, 6.45) is 3.22. The molecule has 1 aliphatic rings. The van der Waals surface area contributed by atoms with Crippen LogP contribution in [-0.4, -0.2) is 32.7 Å². The molecule has 1 aromatic rings. The van der Waals surface area contributed by atoms with Crippen LogP contribution in [0.1, 0.15) is 19.3 Å². The van der Waals surface area contributed by atoms with Gasteiger partial charge in [-0.1, -0.05) is 6.42 Å². The number of hydrogen-bond acceptors (Lipinski definition) is 3. The van der Waals surface area contributed by atoms with Crippen molar-refractivity contribution in [3.05, 3.63) is 24.3 Å². The van der Waals surface area contributed by atoms with Gasteiger partial charge in [0.1, 0.15) is 5.75 Å². The van der Waals surface area contributed by atoms with Crippen LogP contribution in [0.3, 0.4) is 0 Å². The molecule has 1 unspecified atom stereocenters. The van der Waals surface area contributed by atoms with Crippen molar-refractivity contribution in [1.29, 1.82) is 0 Å². The zero-order chi connectivity index (χ0) is 13.0. The van der Waals surface area contributed by atoms with E-state index in [1.54, 1.807) is 12.0 Å². The van der Waals surface area contributed by atoms with E-state index in [-0.39, 0.29) is 11.9 Å². The van der Waals surface area contributed by atoms with E-state index in [1.807, 2.05) is 31.3 Å². The maximum absolute atomic E-state index is 12.3. The predicted molar refractivity (Wildman–Crippen MR) is 72.0 cm³/mol. The highest BCUT2D eigenvalue weighted by Crippen LogP contribution is 2.20. The van der Waals surface area contributed by atoms with Gasteiger partial charge in [-0.15, -0.1) is 0 Å². The molecular formula is C14H20N2O2. The Morgan fingerprint density at radius 1 is 1.33 bits per heavy atom. The Kier molecular flexibility index (Phi) is 4.20. The first-order valence-electron chi connectivity index (χ1n) is 6.37. The second-order valence-corrected chi connectivity index (χ2v) is 4.60. The fourth-order valence-electron chi connectivity index (χ4n) is 2.23. The number of nitrogens with zero attached hydrogens (tertiary/aromatic N) is 1. The fraction of sp³-hybridized carbons (Fsp3) is 0.500. The number of carbonyl (C=O) groups is 1. The van der Waals surface area contributed by atoms with E-state index >= 15 is 0 Å². The van der Waals surface area contributed by atoms with Crippen molar-refractivity contribution in [2.75, 3.05) is 25.6 Å². The van der Waals surface area contributed by atoms with Crippen molar-refractivity contribution in [3.8, 4) is 5.75 Å². The number of piperidine rings is 1. The molecule has 4 nitrogen and oxygen atoms in total. The van der Waals surface area contributed by atoms with Gasteiger partial charge in [0, 0.05) is 12.7 Å². The van der Waals surface area contributed by atoms with Gasteiger partial charge in [-0.05, 0) is 43.7 Å². The molecule has 1 saturated heterocycles. The van der Waals surface area contributed by atoms with Crippen molar-refractivity contribution in [3.63, 3.8) is 0 Å². The van der Waals surface area contributed by atoms with Crippen LogP contribution in [0.2, 0.25) is 0 Å². The van der Waals surface area contributed by atoms with Crippen LogP contribution in [-0.2, 0) is 4.79 Å². The van der Waals surface area contributed by atoms with Crippen LogP contribution in [0.4, 0.5) is 5.69 Å². The highest BCUT2D eigenvalue weighted by Gasteiger charge is 2.24. The van der Waals surface area contributed by atoms with Crippen molar-refractivity contribution >= 4 is 11.6 Å². The molecule has 0 bridgehead atoms. The number of amides is 1. The first-order chi connectivity index (χ1) is 8.72. The molecule has 18 heavy (non-hydrogen) atoms. The second kappa shape index (κ2) is 5.87. The zero-order valence-corrected chi connectivity index (χ0v) is 11.0. The molecule has 1 atom stereocenters. The Morgan fingerprint density at radius 3 is 2.61 bits per heavy atom. The van der Waals surface area contributed by atoms with Crippen LogP contribution in [0.15, 0.2) is 24.3 Å². The van der Waals surface area contributed by atoms with Crippen molar-refractivity contribution in [1.82, 2.24) is 5.32 Å². The molecular weight excluding hydrogens is 228 g/mol. The van der Waals surface area contributed by atoms with Crippen LogP contribution in [0, 0.1) is 0 Å². The summed E-state index contributed by atoms with van der Waals surface area (Å²) in [6, 6.07) is 7.51. The molecule has 0 radical (unpaired) electrons. The highest BCUT2D eigenvalue weighted by atomic mass is 16.5. The van der Waals surface area contributed by atoms with Gasteiger partial charge in [0.05, 0.1) is 13.2 Å². The molecule has 1 heterocycles. The molecule has 0 aliphatic carbocycles. The predicted octanol–water partition coefficient (Wildman–Crippen LogP) is 1.80. The molecule has 1 amide bonds. The molecule has 1 aromatic carbocycles. The SMILES string of the molecule is COc1ccc(N(C)C(=O)C2CCCCN2)cc1. The van der Waals surface area contributed by atoms with Crippen LogP contribution >= 0.6 is 0 Å². The standard InChI is InChI=1S/C14H20N2O2/c1-16(11-6-8-12(18-2)9-7-11)14(17)13-5-3-4-10-15-13/h6-9,13,15H,3-5,10H2,1-2H3. The third-order valence-corrected chi connectivity index (χ3v) is 3.40. The number of anilines is 1. The van der Waals surface area contributed by atoms with Gasteiger partial charge in [0.2, 0.25) is 5.91 Å². The summed E-state index contributed by atoms with van der Waals surface area (Å²) in [5.74, 6) is 0.940. The lowest BCUT2D eigenvalue weighted by atomic mass is 10.0. The number of ether oxygens (including phenoxy) is 1. The lowest BCUT2D eigenvalue weighted by Gasteiger charge is -2.27. The quantitative estimate of drug-likeness (QED) is 0.887. The Hall–Kier alpha value is -1.55. The maximum Gasteiger partial charge on any atom is 0.243 e. The summed E-state index contributed by atoms with van der Waals surface area (Å²) in [4.78, 5) is 14.0. The summed E-state index contributed by atoms with van der Waals surface area (Å²) in [6.45, 7) is 0.937. The van der Waals surface area contributed by atoms with Gasteiger partial charge in [-0.25, -0.2) is 0 Å². The highest BCUT2D eigenvalue weighted by molar-refractivity contribution is 5.96. The van der Waals surface area contributed by atoms with E-state index in [9.17, 15) is 4.79 Å². The Morgan fingerprint density at radius 2 is 2.06 bits per heavy atom.